The SMILES string of the molecule is Cc1ccc(-c2c3c(cc(CC(C)C)c2-c2ccccc2)-c2ccccc2C3)cc1. The summed E-state index contributed by atoms with van der Waals surface area (Å²) in [6.07, 6.45) is 2.09. The van der Waals surface area contributed by atoms with Gasteiger partial charge in [0, 0.05) is 0 Å². The third kappa shape index (κ3) is 3.27. The van der Waals surface area contributed by atoms with E-state index >= 15 is 0 Å². The zero-order valence-corrected chi connectivity index (χ0v) is 18.1. The molecule has 1 aliphatic carbocycles. The first-order valence-electron chi connectivity index (χ1n) is 11.0. The molecule has 4 aromatic rings. The molecule has 0 N–H and O–H groups in total. The van der Waals surface area contributed by atoms with Crippen LogP contribution in [-0.4, -0.2) is 0 Å². The Morgan fingerprint density at radius 3 is 2.10 bits per heavy atom. The molecule has 0 amide bonds. The van der Waals surface area contributed by atoms with Gasteiger partial charge in [0.25, 0.3) is 0 Å². The molecular formula is C30H28. The molecule has 30 heavy (non-hydrogen) atoms. The topological polar surface area (TPSA) is 0 Å². The van der Waals surface area contributed by atoms with Crippen LogP contribution in [0.15, 0.2) is 84.9 Å². The standard InChI is InChI=1S/C30H28/c1-20(2)17-25-19-27-26-12-8-7-11-24(26)18-28(27)30(23-15-13-21(3)14-16-23)29(25)22-9-5-4-6-10-22/h4-16,19-20H,17-18H2,1-3H3. The zero-order valence-electron chi connectivity index (χ0n) is 18.1. The molecule has 4 aromatic carbocycles. The minimum Gasteiger partial charge on any atom is -0.0625 e. The first-order chi connectivity index (χ1) is 14.6. The van der Waals surface area contributed by atoms with Crippen LogP contribution >= 0.6 is 0 Å². The summed E-state index contributed by atoms with van der Waals surface area (Å²) in [5.41, 5.74) is 14.0. The molecule has 0 saturated heterocycles. The van der Waals surface area contributed by atoms with Crippen molar-refractivity contribution in [3.05, 3.63) is 107 Å². The highest BCUT2D eigenvalue weighted by Gasteiger charge is 2.26. The molecule has 0 bridgehead atoms. The van der Waals surface area contributed by atoms with Crippen LogP contribution in [0.4, 0.5) is 0 Å². The number of fused-ring (bicyclic) bond motifs is 3. The third-order valence-corrected chi connectivity index (χ3v) is 6.22. The van der Waals surface area contributed by atoms with Crippen LogP contribution in [0.2, 0.25) is 0 Å². The second-order valence-corrected chi connectivity index (χ2v) is 8.98. The van der Waals surface area contributed by atoms with Crippen LogP contribution in [-0.2, 0) is 12.8 Å². The molecule has 0 spiro atoms. The lowest BCUT2D eigenvalue weighted by Crippen LogP contribution is -2.02. The number of benzene rings is 4. The van der Waals surface area contributed by atoms with Crippen LogP contribution < -0.4 is 0 Å². The van der Waals surface area contributed by atoms with Crippen molar-refractivity contribution in [2.45, 2.75) is 33.6 Å². The molecule has 0 aromatic heterocycles. The highest BCUT2D eigenvalue weighted by atomic mass is 14.3. The Bertz CT molecular complexity index is 1190. The van der Waals surface area contributed by atoms with Crippen LogP contribution in [0, 0.1) is 12.8 Å². The molecule has 0 radical (unpaired) electrons. The Morgan fingerprint density at radius 2 is 1.37 bits per heavy atom. The van der Waals surface area contributed by atoms with Crippen molar-refractivity contribution < 1.29 is 0 Å². The van der Waals surface area contributed by atoms with E-state index in [2.05, 4.69) is 106 Å². The largest absolute Gasteiger partial charge is 0.0625 e. The molecule has 0 nitrogen and oxygen atoms in total. The summed E-state index contributed by atoms with van der Waals surface area (Å²) in [5, 5.41) is 0. The Morgan fingerprint density at radius 1 is 0.700 bits per heavy atom. The van der Waals surface area contributed by atoms with E-state index in [9.17, 15) is 0 Å². The van der Waals surface area contributed by atoms with E-state index in [0.717, 1.165) is 12.8 Å². The lowest BCUT2D eigenvalue weighted by atomic mass is 9.82. The molecule has 0 unspecified atom stereocenters. The smallest absolute Gasteiger partial charge is 0.000706 e. The Labute approximate surface area is 180 Å². The molecule has 0 saturated carbocycles. The lowest BCUT2D eigenvalue weighted by Gasteiger charge is -2.22. The second kappa shape index (κ2) is 7.61. The van der Waals surface area contributed by atoms with E-state index in [1.54, 1.807) is 0 Å². The monoisotopic (exact) mass is 388 g/mol. The maximum Gasteiger partial charge on any atom is -0.000706 e. The zero-order chi connectivity index (χ0) is 20.7. The summed E-state index contributed by atoms with van der Waals surface area (Å²) in [5.74, 6) is 0.605. The van der Waals surface area contributed by atoms with E-state index in [4.69, 9.17) is 0 Å². The van der Waals surface area contributed by atoms with Crippen LogP contribution in [0.1, 0.15) is 36.1 Å². The molecule has 0 aliphatic heterocycles. The normalized spacial score (nSPS) is 12.1. The Hall–Kier alpha value is -3.12. The fourth-order valence-electron chi connectivity index (χ4n) is 4.91. The molecule has 1 aliphatic rings. The summed E-state index contributed by atoms with van der Waals surface area (Å²) < 4.78 is 0. The van der Waals surface area contributed by atoms with Crippen molar-refractivity contribution in [2.24, 2.45) is 5.92 Å². The molecule has 148 valence electrons. The Kier molecular flexibility index (Phi) is 4.79. The number of rotatable bonds is 4. The van der Waals surface area contributed by atoms with Gasteiger partial charge in [-0.1, -0.05) is 104 Å². The van der Waals surface area contributed by atoms with Gasteiger partial charge in [-0.15, -0.1) is 0 Å². The predicted molar refractivity (Wildman–Crippen MR) is 129 cm³/mol. The van der Waals surface area contributed by atoms with Gasteiger partial charge < -0.3 is 0 Å². The maximum absolute atomic E-state index is 2.49. The predicted octanol–water partition coefficient (Wildman–Crippen LogP) is 8.10. The van der Waals surface area contributed by atoms with E-state index in [0.29, 0.717) is 5.92 Å². The lowest BCUT2D eigenvalue weighted by molar-refractivity contribution is 0.648. The van der Waals surface area contributed by atoms with Crippen molar-refractivity contribution in [3.8, 4) is 33.4 Å². The first-order valence-corrected chi connectivity index (χ1v) is 11.0. The fraction of sp³-hybridized carbons (Fsp3) is 0.200. The van der Waals surface area contributed by atoms with Crippen molar-refractivity contribution in [1.82, 2.24) is 0 Å². The van der Waals surface area contributed by atoms with Gasteiger partial charge >= 0.3 is 0 Å². The summed E-state index contributed by atoms with van der Waals surface area (Å²) in [4.78, 5) is 0. The van der Waals surface area contributed by atoms with Crippen molar-refractivity contribution >= 4 is 0 Å². The van der Waals surface area contributed by atoms with Crippen LogP contribution in [0.3, 0.4) is 0 Å². The number of aryl methyl sites for hydroxylation is 1. The van der Waals surface area contributed by atoms with Gasteiger partial charge in [-0.2, -0.15) is 0 Å². The van der Waals surface area contributed by atoms with Gasteiger partial charge in [0.15, 0.2) is 0 Å². The average molecular weight is 389 g/mol. The molecule has 0 heterocycles. The van der Waals surface area contributed by atoms with Crippen LogP contribution in [0.5, 0.6) is 0 Å². The summed E-state index contributed by atoms with van der Waals surface area (Å²) >= 11 is 0. The van der Waals surface area contributed by atoms with Gasteiger partial charge in [-0.05, 0) is 75.8 Å². The van der Waals surface area contributed by atoms with Crippen LogP contribution in [0.25, 0.3) is 33.4 Å². The summed E-state index contributed by atoms with van der Waals surface area (Å²) in [6.45, 7) is 6.81. The number of hydrogen-bond donors (Lipinski definition) is 0. The van der Waals surface area contributed by atoms with E-state index in [1.807, 2.05) is 0 Å². The molecule has 0 heteroatoms. The van der Waals surface area contributed by atoms with E-state index in [1.165, 1.54) is 55.6 Å². The molecule has 5 rings (SSSR count). The van der Waals surface area contributed by atoms with Gasteiger partial charge in [-0.3, -0.25) is 0 Å². The highest BCUT2D eigenvalue weighted by Crippen LogP contribution is 2.48. The Balaban J connectivity index is 1.87. The third-order valence-electron chi connectivity index (χ3n) is 6.22. The van der Waals surface area contributed by atoms with Gasteiger partial charge in [0.1, 0.15) is 0 Å². The highest BCUT2D eigenvalue weighted by molar-refractivity contribution is 5.95. The van der Waals surface area contributed by atoms with Gasteiger partial charge in [0.2, 0.25) is 0 Å². The molecular weight excluding hydrogens is 360 g/mol. The molecule has 0 atom stereocenters. The van der Waals surface area contributed by atoms with Gasteiger partial charge in [-0.25, -0.2) is 0 Å². The van der Waals surface area contributed by atoms with E-state index in [-0.39, 0.29) is 0 Å². The number of hydrogen-bond acceptors (Lipinski definition) is 0. The van der Waals surface area contributed by atoms with Crippen molar-refractivity contribution in [1.29, 1.82) is 0 Å². The second-order valence-electron chi connectivity index (χ2n) is 8.98. The summed E-state index contributed by atoms with van der Waals surface area (Å²) in [7, 11) is 0. The maximum atomic E-state index is 2.49. The fourth-order valence-corrected chi connectivity index (χ4v) is 4.91. The van der Waals surface area contributed by atoms with E-state index < -0.39 is 0 Å². The van der Waals surface area contributed by atoms with Crippen molar-refractivity contribution in [2.75, 3.05) is 0 Å². The van der Waals surface area contributed by atoms with Crippen molar-refractivity contribution in [3.63, 3.8) is 0 Å². The minimum absolute atomic E-state index is 0.605. The first kappa shape index (κ1) is 18.9. The van der Waals surface area contributed by atoms with Gasteiger partial charge in [0.05, 0.1) is 0 Å². The average Bonchev–Trinajstić information content (AvgIpc) is 3.12. The minimum atomic E-state index is 0.605. The summed E-state index contributed by atoms with van der Waals surface area (Å²) in [6, 6.07) is 31.5. The molecule has 0 fully saturated rings. The quantitative estimate of drug-likeness (QED) is 0.292.